The van der Waals surface area contributed by atoms with Crippen molar-refractivity contribution in [2.45, 2.75) is 6.18 Å². The van der Waals surface area contributed by atoms with Gasteiger partial charge in [0.25, 0.3) is 0 Å². The molecule has 111 valence electrons. The zero-order chi connectivity index (χ0) is 15.7. The van der Waals surface area contributed by atoms with Crippen molar-refractivity contribution in [1.29, 1.82) is 0 Å². The predicted molar refractivity (Wildman–Crippen MR) is 73.4 cm³/mol. The Morgan fingerprint density at radius 2 is 1.73 bits per heavy atom. The summed E-state index contributed by atoms with van der Waals surface area (Å²) in [6, 6.07) is 12.1. The van der Waals surface area contributed by atoms with Gasteiger partial charge in [0.2, 0.25) is 5.88 Å². The van der Waals surface area contributed by atoms with E-state index in [1.165, 1.54) is 30.3 Å². The molecule has 3 nitrogen and oxygen atoms in total. The maximum atomic E-state index is 12.7. The van der Waals surface area contributed by atoms with Crippen molar-refractivity contribution in [2.75, 3.05) is 0 Å². The molecule has 1 heterocycles. The van der Waals surface area contributed by atoms with E-state index in [1.54, 1.807) is 12.1 Å². The molecule has 0 fully saturated rings. The lowest BCUT2D eigenvalue weighted by molar-refractivity contribution is -0.137. The lowest BCUT2D eigenvalue weighted by atomic mass is 10.2. The first-order chi connectivity index (χ1) is 10.4. The van der Waals surface area contributed by atoms with E-state index >= 15 is 0 Å². The smallest absolute Gasteiger partial charge is 0.416 e. The van der Waals surface area contributed by atoms with E-state index in [-0.39, 0.29) is 17.4 Å². The van der Waals surface area contributed by atoms with E-state index in [0.29, 0.717) is 5.52 Å². The van der Waals surface area contributed by atoms with Crippen molar-refractivity contribution < 1.29 is 23.0 Å². The molecule has 0 amide bonds. The van der Waals surface area contributed by atoms with Crippen LogP contribution in [0, 0.1) is 0 Å². The van der Waals surface area contributed by atoms with Gasteiger partial charge in [-0.15, -0.1) is 0 Å². The quantitative estimate of drug-likeness (QED) is 0.654. The number of ether oxygens (including phenoxy) is 1. The second-order valence-electron chi connectivity index (χ2n) is 4.63. The van der Waals surface area contributed by atoms with Crippen molar-refractivity contribution >= 4 is 10.9 Å². The minimum absolute atomic E-state index is 0.0277. The largest absolute Gasteiger partial charge is 0.439 e. The zero-order valence-electron chi connectivity index (χ0n) is 11.1. The summed E-state index contributed by atoms with van der Waals surface area (Å²) in [7, 11) is 0. The van der Waals surface area contributed by atoms with Gasteiger partial charge in [-0.25, -0.2) is 4.98 Å². The Morgan fingerprint density at radius 1 is 0.955 bits per heavy atom. The van der Waals surface area contributed by atoms with Crippen molar-refractivity contribution in [2.24, 2.45) is 0 Å². The highest BCUT2D eigenvalue weighted by Crippen LogP contribution is 2.32. The molecule has 1 aromatic heterocycles. The molecular weight excluding hydrogens is 295 g/mol. The molecule has 1 radical (unpaired) electrons. The molecule has 2 aromatic carbocycles. The Balaban J connectivity index is 1.93. The summed E-state index contributed by atoms with van der Waals surface area (Å²) >= 11 is 0. The van der Waals surface area contributed by atoms with E-state index in [0.717, 1.165) is 17.5 Å². The second kappa shape index (κ2) is 5.22. The summed E-state index contributed by atoms with van der Waals surface area (Å²) in [5.41, 5.74) is -0.371. The van der Waals surface area contributed by atoms with Gasteiger partial charge in [-0.2, -0.15) is 13.2 Å². The number of benzene rings is 2. The van der Waals surface area contributed by atoms with Gasteiger partial charge in [0, 0.05) is 17.5 Å². The summed E-state index contributed by atoms with van der Waals surface area (Å²) in [6.07, 6.45) is -4.44. The molecule has 0 atom stereocenters. The number of hydrogen-bond donors (Lipinski definition) is 0. The van der Waals surface area contributed by atoms with Crippen LogP contribution in [0.15, 0.2) is 54.6 Å². The summed E-state index contributed by atoms with van der Waals surface area (Å²) in [5, 5.41) is 12.0. The highest BCUT2D eigenvalue weighted by Gasteiger charge is 2.30. The topological polar surface area (TPSA) is 42.0 Å². The molecule has 0 unspecified atom stereocenters. The zero-order valence-corrected chi connectivity index (χ0v) is 11.1. The number of alkyl halides is 3. The molecule has 22 heavy (non-hydrogen) atoms. The van der Waals surface area contributed by atoms with Gasteiger partial charge >= 0.3 is 6.18 Å². The average Bonchev–Trinajstić information content (AvgIpc) is 2.46. The van der Waals surface area contributed by atoms with E-state index < -0.39 is 11.7 Å². The van der Waals surface area contributed by atoms with Crippen LogP contribution in [0.1, 0.15) is 5.56 Å². The minimum Gasteiger partial charge on any atom is -0.439 e. The molecule has 0 bridgehead atoms. The van der Waals surface area contributed by atoms with Gasteiger partial charge in [0.15, 0.2) is 5.75 Å². The molecule has 0 N–H and O–H groups in total. The molecule has 0 aliphatic heterocycles. The third kappa shape index (κ3) is 2.95. The molecule has 0 saturated heterocycles. The number of halogens is 3. The van der Waals surface area contributed by atoms with Crippen LogP contribution in [0.3, 0.4) is 0 Å². The van der Waals surface area contributed by atoms with E-state index in [4.69, 9.17) is 4.74 Å². The lowest BCUT2D eigenvalue weighted by Crippen LogP contribution is -2.04. The van der Waals surface area contributed by atoms with Gasteiger partial charge < -0.3 is 4.74 Å². The van der Waals surface area contributed by atoms with Crippen molar-refractivity contribution in [3.8, 4) is 17.4 Å². The van der Waals surface area contributed by atoms with Gasteiger partial charge in [-0.1, -0.05) is 6.07 Å². The molecule has 6 heteroatoms. The maximum Gasteiger partial charge on any atom is 0.416 e. The lowest BCUT2D eigenvalue weighted by Gasteiger charge is -2.09. The van der Waals surface area contributed by atoms with Crippen LogP contribution in [0.5, 0.6) is 17.4 Å². The molecule has 0 aliphatic carbocycles. The Bertz CT molecular complexity index is 831. The van der Waals surface area contributed by atoms with Gasteiger partial charge in [-0.05, 0) is 36.4 Å². The third-order valence-corrected chi connectivity index (χ3v) is 3.02. The van der Waals surface area contributed by atoms with E-state index in [9.17, 15) is 18.3 Å². The molecule has 0 aliphatic rings. The maximum absolute atomic E-state index is 12.7. The van der Waals surface area contributed by atoms with Crippen LogP contribution in [-0.4, -0.2) is 4.98 Å². The van der Waals surface area contributed by atoms with Crippen molar-refractivity contribution in [1.82, 2.24) is 4.98 Å². The fourth-order valence-corrected chi connectivity index (χ4v) is 1.99. The Morgan fingerprint density at radius 3 is 2.50 bits per heavy atom. The molecule has 0 spiro atoms. The van der Waals surface area contributed by atoms with Crippen LogP contribution < -0.4 is 4.74 Å². The first kappa shape index (κ1) is 14.2. The standard InChI is InChI=1S/C16H9F3NO2/c17-16(18,19)11-2-1-3-13(8-11)22-15-7-5-10-4-6-12(21)9-14(10)20-15/h1-9H. The molecule has 3 rings (SSSR count). The number of rotatable bonds is 2. The summed E-state index contributed by atoms with van der Waals surface area (Å²) in [6.45, 7) is 0. The fraction of sp³-hybridized carbons (Fsp3) is 0.0625. The van der Waals surface area contributed by atoms with Crippen molar-refractivity contribution in [3.63, 3.8) is 0 Å². The summed E-state index contributed by atoms with van der Waals surface area (Å²) in [5.74, 6) is -0.0476. The second-order valence-corrected chi connectivity index (χ2v) is 4.63. The normalized spacial score (nSPS) is 11.6. The van der Waals surface area contributed by atoms with Crippen LogP contribution >= 0.6 is 0 Å². The van der Waals surface area contributed by atoms with E-state index in [1.807, 2.05) is 0 Å². The summed E-state index contributed by atoms with van der Waals surface area (Å²) < 4.78 is 43.3. The highest BCUT2D eigenvalue weighted by molar-refractivity contribution is 5.80. The van der Waals surface area contributed by atoms with Gasteiger partial charge in [-0.3, -0.25) is 5.11 Å². The fourth-order valence-electron chi connectivity index (χ4n) is 1.99. The Labute approximate surface area is 123 Å². The van der Waals surface area contributed by atoms with Gasteiger partial charge in [0.05, 0.1) is 11.1 Å². The molecule has 3 aromatic rings. The van der Waals surface area contributed by atoms with Crippen LogP contribution in [-0.2, 0) is 11.3 Å². The Hall–Kier alpha value is -2.76. The number of pyridine rings is 1. The third-order valence-electron chi connectivity index (χ3n) is 3.02. The minimum atomic E-state index is -4.44. The Kier molecular flexibility index (Phi) is 3.36. The number of nitrogens with zero attached hydrogens (tertiary/aromatic N) is 1. The van der Waals surface area contributed by atoms with E-state index in [2.05, 4.69) is 4.98 Å². The van der Waals surface area contributed by atoms with Crippen LogP contribution in [0.25, 0.3) is 10.9 Å². The van der Waals surface area contributed by atoms with Gasteiger partial charge in [0.1, 0.15) is 5.75 Å². The first-order valence-corrected chi connectivity index (χ1v) is 6.35. The number of hydrogen-bond acceptors (Lipinski definition) is 2. The average molecular weight is 304 g/mol. The number of aromatic nitrogens is 1. The predicted octanol–water partition coefficient (Wildman–Crippen LogP) is 5.19. The first-order valence-electron chi connectivity index (χ1n) is 6.35. The number of fused-ring (bicyclic) bond motifs is 1. The summed E-state index contributed by atoms with van der Waals surface area (Å²) in [4.78, 5) is 4.12. The van der Waals surface area contributed by atoms with Crippen LogP contribution in [0.2, 0.25) is 0 Å². The van der Waals surface area contributed by atoms with Crippen molar-refractivity contribution in [3.05, 3.63) is 60.2 Å². The SMILES string of the molecule is [O]c1ccc2ccc(Oc3cccc(C(F)(F)F)c3)nc2c1. The molecule has 0 saturated carbocycles. The van der Waals surface area contributed by atoms with Crippen LogP contribution in [0.4, 0.5) is 13.2 Å². The highest BCUT2D eigenvalue weighted by atomic mass is 19.4. The monoisotopic (exact) mass is 304 g/mol. The molecular formula is C16H9F3NO2.